The molecule has 1 rings (SSSR count). The molecule has 0 fully saturated rings. The van der Waals surface area contributed by atoms with Crippen molar-refractivity contribution in [1.82, 2.24) is 0 Å². The van der Waals surface area contributed by atoms with Gasteiger partial charge in [0.25, 0.3) is 5.70 Å². The van der Waals surface area contributed by atoms with Crippen LogP contribution < -0.4 is 0 Å². The minimum Gasteiger partial charge on any atom is -0.478 e. The van der Waals surface area contributed by atoms with Crippen LogP contribution in [0.1, 0.15) is 6.42 Å². The van der Waals surface area contributed by atoms with E-state index in [1.807, 2.05) is 0 Å². The van der Waals surface area contributed by atoms with E-state index in [1.54, 1.807) is 0 Å². The lowest BCUT2D eigenvalue weighted by atomic mass is 9.90. The monoisotopic (exact) mass is 360 g/mol. The van der Waals surface area contributed by atoms with Crippen LogP contribution in [0.3, 0.4) is 0 Å². The lowest BCUT2D eigenvalue weighted by Crippen LogP contribution is -2.44. The molecule has 12 heteroatoms. The molecule has 1 N–H and O–H groups in total. The van der Waals surface area contributed by atoms with Crippen molar-refractivity contribution in [3.05, 3.63) is 43.1 Å². The summed E-state index contributed by atoms with van der Waals surface area (Å²) in [5.41, 5.74) is -4.60. The molecule has 110 valence electrons. The zero-order chi connectivity index (χ0) is 15.9. The number of halogens is 4. The molecular weight excluding hydrogens is 357 g/mol. The summed E-state index contributed by atoms with van der Waals surface area (Å²) in [4.78, 5) is 29.3. The molecule has 0 spiro atoms. The number of carboxylic acids is 1. The predicted molar refractivity (Wildman–Crippen MR) is 59.1 cm³/mol. The standard InChI is InChI=1S/C8H4BrF3N2O6/c9-7(14(19)20)2-3(6(15)16)1-4(13(17)18)5(7)8(10,11)12/h1H,2H2,(H,15,16). The molecule has 0 radical (unpaired) electrons. The van der Waals surface area contributed by atoms with Crippen LogP contribution in [0.15, 0.2) is 22.9 Å². The third kappa shape index (κ3) is 2.64. The fraction of sp³-hybridized carbons (Fsp3) is 0.375. The number of hydrogen-bond acceptors (Lipinski definition) is 5. The molecule has 1 unspecified atom stereocenters. The average molecular weight is 361 g/mol. The first-order valence-corrected chi connectivity index (χ1v) is 5.44. The maximum absolute atomic E-state index is 12.9. The SMILES string of the molecule is O=C(O)C1=CC([N+](=O)[O-])=C(C(F)(F)F)C(Br)([N+](=O)[O-])C1. The first kappa shape index (κ1) is 16.1. The molecule has 0 saturated carbocycles. The quantitative estimate of drug-likeness (QED) is 0.354. The molecule has 1 aliphatic carbocycles. The molecule has 20 heavy (non-hydrogen) atoms. The van der Waals surface area contributed by atoms with E-state index in [9.17, 15) is 38.2 Å². The minimum absolute atomic E-state index is 0.175. The number of hydrogen-bond donors (Lipinski definition) is 1. The molecule has 0 aliphatic heterocycles. The number of rotatable bonds is 3. The Morgan fingerprint density at radius 2 is 1.90 bits per heavy atom. The number of carbonyl (C=O) groups is 1. The highest BCUT2D eigenvalue weighted by Gasteiger charge is 2.63. The molecule has 1 aliphatic rings. The number of alkyl halides is 4. The average Bonchev–Trinajstić information content (AvgIpc) is 2.25. The topological polar surface area (TPSA) is 124 Å². The summed E-state index contributed by atoms with van der Waals surface area (Å²) in [6.07, 6.45) is -6.38. The Morgan fingerprint density at radius 3 is 2.20 bits per heavy atom. The van der Waals surface area contributed by atoms with Gasteiger partial charge in [-0.1, -0.05) is 0 Å². The van der Waals surface area contributed by atoms with Gasteiger partial charge in [-0.2, -0.15) is 13.2 Å². The lowest BCUT2D eigenvalue weighted by molar-refractivity contribution is -0.531. The van der Waals surface area contributed by atoms with E-state index in [1.165, 1.54) is 0 Å². The zero-order valence-corrected chi connectivity index (χ0v) is 10.8. The van der Waals surface area contributed by atoms with Crippen LogP contribution in [-0.2, 0) is 4.79 Å². The Hall–Kier alpha value is -1.98. The Bertz CT molecular complexity index is 569. The van der Waals surface area contributed by atoms with Gasteiger partial charge in [0.15, 0.2) is 5.57 Å². The fourth-order valence-electron chi connectivity index (χ4n) is 1.62. The number of allylic oxidation sites excluding steroid dienone is 1. The summed E-state index contributed by atoms with van der Waals surface area (Å²) >= 11 is 2.19. The highest BCUT2D eigenvalue weighted by molar-refractivity contribution is 9.10. The predicted octanol–water partition coefficient (Wildman–Crippen LogP) is 1.86. The summed E-state index contributed by atoms with van der Waals surface area (Å²) in [5, 5.41) is 30.2. The summed E-state index contributed by atoms with van der Waals surface area (Å²) in [6.45, 7) is 0. The third-order valence-electron chi connectivity index (χ3n) is 2.42. The summed E-state index contributed by atoms with van der Waals surface area (Å²) in [5.74, 6) is -1.78. The second-order valence-corrected chi connectivity index (χ2v) is 4.99. The third-order valence-corrected chi connectivity index (χ3v) is 3.39. The van der Waals surface area contributed by atoms with Crippen molar-refractivity contribution in [2.75, 3.05) is 0 Å². The molecule has 0 bridgehead atoms. The van der Waals surface area contributed by atoms with Crippen molar-refractivity contribution in [2.24, 2.45) is 0 Å². The van der Waals surface area contributed by atoms with Crippen molar-refractivity contribution in [1.29, 1.82) is 0 Å². The van der Waals surface area contributed by atoms with Gasteiger partial charge in [0.1, 0.15) is 0 Å². The molecule has 8 nitrogen and oxygen atoms in total. The van der Waals surface area contributed by atoms with Crippen molar-refractivity contribution >= 4 is 21.9 Å². The van der Waals surface area contributed by atoms with Crippen LogP contribution in [0.25, 0.3) is 0 Å². The second-order valence-electron chi connectivity index (χ2n) is 3.68. The first-order valence-electron chi connectivity index (χ1n) is 4.65. The van der Waals surface area contributed by atoms with Crippen molar-refractivity contribution in [2.45, 2.75) is 17.0 Å². The van der Waals surface area contributed by atoms with Crippen LogP contribution in [0.5, 0.6) is 0 Å². The van der Waals surface area contributed by atoms with Crippen LogP contribution in [-0.4, -0.2) is 31.5 Å². The lowest BCUT2D eigenvalue weighted by Gasteiger charge is -2.26. The van der Waals surface area contributed by atoms with E-state index in [2.05, 4.69) is 15.9 Å². The van der Waals surface area contributed by atoms with Gasteiger partial charge in [0, 0.05) is 26.9 Å². The smallest absolute Gasteiger partial charge is 0.427 e. The molecule has 0 amide bonds. The maximum Gasteiger partial charge on any atom is 0.427 e. The molecule has 0 aromatic rings. The van der Waals surface area contributed by atoms with Crippen molar-refractivity contribution in [3.63, 3.8) is 0 Å². The number of carboxylic acid groups (broad SMARTS) is 1. The summed E-state index contributed by atoms with van der Waals surface area (Å²) < 4.78 is 35.5. The Labute approximate surface area is 116 Å². The second kappa shape index (κ2) is 4.85. The number of nitrogens with zero attached hydrogens (tertiary/aromatic N) is 2. The Kier molecular flexibility index (Phi) is 3.90. The molecule has 0 saturated heterocycles. The maximum atomic E-state index is 12.9. The van der Waals surface area contributed by atoms with Crippen LogP contribution in [0.4, 0.5) is 13.2 Å². The van der Waals surface area contributed by atoms with Crippen molar-refractivity contribution in [3.8, 4) is 0 Å². The Morgan fingerprint density at radius 1 is 1.40 bits per heavy atom. The van der Waals surface area contributed by atoms with Gasteiger partial charge in [-0.15, -0.1) is 0 Å². The van der Waals surface area contributed by atoms with Gasteiger partial charge >= 0.3 is 16.6 Å². The largest absolute Gasteiger partial charge is 0.478 e. The number of nitro groups is 2. The first-order chi connectivity index (χ1) is 8.91. The van der Waals surface area contributed by atoms with Gasteiger partial charge in [-0.3, -0.25) is 20.2 Å². The van der Waals surface area contributed by atoms with Crippen LogP contribution >= 0.6 is 15.9 Å². The van der Waals surface area contributed by atoms with Crippen molar-refractivity contribution < 1.29 is 32.9 Å². The normalized spacial score (nSPS) is 23.3. The van der Waals surface area contributed by atoms with E-state index < -0.39 is 49.7 Å². The van der Waals surface area contributed by atoms with Crippen LogP contribution in [0, 0.1) is 20.2 Å². The van der Waals surface area contributed by atoms with Gasteiger partial charge in [-0.25, -0.2) is 4.79 Å². The van der Waals surface area contributed by atoms with E-state index in [4.69, 9.17) is 5.11 Å². The summed E-state index contributed by atoms with van der Waals surface area (Å²) in [7, 11) is 0. The molecule has 0 heterocycles. The molecule has 1 atom stereocenters. The van der Waals surface area contributed by atoms with Gasteiger partial charge in [0.2, 0.25) is 0 Å². The molecule has 0 aromatic heterocycles. The van der Waals surface area contributed by atoms with Gasteiger partial charge < -0.3 is 5.11 Å². The number of aliphatic carboxylic acids is 1. The van der Waals surface area contributed by atoms with Gasteiger partial charge in [-0.05, 0) is 0 Å². The van der Waals surface area contributed by atoms with E-state index >= 15 is 0 Å². The summed E-state index contributed by atoms with van der Waals surface area (Å²) in [6, 6.07) is 0. The molecule has 0 aromatic carbocycles. The minimum atomic E-state index is -5.38. The molecular formula is C8H4BrF3N2O6. The van der Waals surface area contributed by atoms with E-state index in [0.717, 1.165) is 0 Å². The fourth-order valence-corrected chi connectivity index (χ4v) is 2.35. The van der Waals surface area contributed by atoms with Crippen LogP contribution in [0.2, 0.25) is 0 Å². The highest BCUT2D eigenvalue weighted by Crippen LogP contribution is 2.48. The van der Waals surface area contributed by atoms with Gasteiger partial charge in [0.05, 0.1) is 16.9 Å². The zero-order valence-electron chi connectivity index (χ0n) is 9.18. The van der Waals surface area contributed by atoms with E-state index in [0.29, 0.717) is 0 Å². The highest BCUT2D eigenvalue weighted by atomic mass is 79.9. The van der Waals surface area contributed by atoms with E-state index in [-0.39, 0.29) is 6.08 Å². The Balaban J connectivity index is 3.74.